The maximum absolute atomic E-state index is 11.6. The predicted molar refractivity (Wildman–Crippen MR) is 95.9 cm³/mol. The Hall–Kier alpha value is -1.30. The van der Waals surface area contributed by atoms with E-state index in [-0.39, 0.29) is 24.9 Å². The first-order chi connectivity index (χ1) is 10.2. The lowest BCUT2D eigenvalue weighted by Gasteiger charge is -2.08. The minimum Gasteiger partial charge on any atom is -0.484 e. The summed E-state index contributed by atoms with van der Waals surface area (Å²) in [5, 5.41) is 8.08. The van der Waals surface area contributed by atoms with Gasteiger partial charge in [0.1, 0.15) is 5.75 Å². The lowest BCUT2D eigenvalue weighted by molar-refractivity contribution is -0.123. The van der Waals surface area contributed by atoms with Crippen LogP contribution in [0.1, 0.15) is 6.42 Å². The summed E-state index contributed by atoms with van der Waals surface area (Å²) in [6.07, 6.45) is 0.910. The van der Waals surface area contributed by atoms with Gasteiger partial charge in [0.2, 0.25) is 0 Å². The fraction of sp³-hybridized carbons (Fsp3) is 0.312. The molecule has 2 rings (SSSR count). The average Bonchev–Trinajstić information content (AvgIpc) is 2.49. The largest absolute Gasteiger partial charge is 0.484 e. The van der Waals surface area contributed by atoms with Crippen LogP contribution in [0, 0.1) is 0 Å². The standard InChI is InChI=1S/C16H19BrN2O2.ClH/c1-18-7-2-8-19-16(20)11-21-15-6-4-12-9-14(17)5-3-13(12)10-15;/h3-6,9-10,18H,2,7-8,11H2,1H3,(H,19,20);1H. The normalized spacial score (nSPS) is 10.1. The van der Waals surface area contributed by atoms with E-state index in [0.717, 1.165) is 28.2 Å². The van der Waals surface area contributed by atoms with Crippen molar-refractivity contribution in [3.63, 3.8) is 0 Å². The molecule has 0 bridgehead atoms. The van der Waals surface area contributed by atoms with Crippen molar-refractivity contribution in [3.8, 4) is 5.75 Å². The summed E-state index contributed by atoms with van der Waals surface area (Å²) >= 11 is 3.45. The van der Waals surface area contributed by atoms with E-state index in [1.165, 1.54) is 0 Å². The second-order valence-corrected chi connectivity index (χ2v) is 5.66. The van der Waals surface area contributed by atoms with Gasteiger partial charge in [-0.05, 0) is 55.1 Å². The van der Waals surface area contributed by atoms with Gasteiger partial charge in [0.25, 0.3) is 5.91 Å². The molecule has 0 radical (unpaired) electrons. The Labute approximate surface area is 145 Å². The van der Waals surface area contributed by atoms with Crippen LogP contribution in [0.15, 0.2) is 40.9 Å². The van der Waals surface area contributed by atoms with Gasteiger partial charge in [-0.15, -0.1) is 12.4 Å². The van der Waals surface area contributed by atoms with Gasteiger partial charge in [-0.2, -0.15) is 0 Å². The number of hydrogen-bond donors (Lipinski definition) is 2. The number of carbonyl (C=O) groups excluding carboxylic acids is 1. The van der Waals surface area contributed by atoms with Crippen molar-refractivity contribution in [1.82, 2.24) is 10.6 Å². The van der Waals surface area contributed by atoms with Crippen molar-refractivity contribution in [3.05, 3.63) is 40.9 Å². The summed E-state index contributed by atoms with van der Waals surface area (Å²) < 4.78 is 6.57. The van der Waals surface area contributed by atoms with E-state index in [4.69, 9.17) is 4.74 Å². The van der Waals surface area contributed by atoms with Crippen LogP contribution < -0.4 is 15.4 Å². The zero-order valence-electron chi connectivity index (χ0n) is 12.4. The summed E-state index contributed by atoms with van der Waals surface area (Å²) in [5.41, 5.74) is 0. The number of amides is 1. The number of nitrogens with one attached hydrogen (secondary N) is 2. The van der Waals surface area contributed by atoms with Crippen molar-refractivity contribution < 1.29 is 9.53 Å². The quantitative estimate of drug-likeness (QED) is 0.718. The fourth-order valence-corrected chi connectivity index (χ4v) is 2.36. The fourth-order valence-electron chi connectivity index (χ4n) is 1.98. The highest BCUT2D eigenvalue weighted by Crippen LogP contribution is 2.23. The number of fused-ring (bicyclic) bond motifs is 1. The van der Waals surface area contributed by atoms with E-state index in [2.05, 4.69) is 26.6 Å². The second-order valence-electron chi connectivity index (χ2n) is 4.75. The lowest BCUT2D eigenvalue weighted by Crippen LogP contribution is -2.30. The third-order valence-corrected chi connectivity index (χ3v) is 3.56. The molecule has 0 aliphatic heterocycles. The van der Waals surface area contributed by atoms with E-state index in [1.54, 1.807) is 0 Å². The van der Waals surface area contributed by atoms with E-state index >= 15 is 0 Å². The molecule has 0 saturated heterocycles. The number of rotatable bonds is 7. The Morgan fingerprint density at radius 2 is 1.86 bits per heavy atom. The molecule has 22 heavy (non-hydrogen) atoms. The Balaban J connectivity index is 0.00000242. The molecule has 2 N–H and O–H groups in total. The molecule has 0 saturated carbocycles. The van der Waals surface area contributed by atoms with Gasteiger partial charge in [0.15, 0.2) is 6.61 Å². The van der Waals surface area contributed by atoms with Crippen molar-refractivity contribution in [2.45, 2.75) is 6.42 Å². The molecule has 1 amide bonds. The maximum atomic E-state index is 11.6. The van der Waals surface area contributed by atoms with E-state index in [9.17, 15) is 4.79 Å². The van der Waals surface area contributed by atoms with Crippen LogP contribution in [0.4, 0.5) is 0 Å². The van der Waals surface area contributed by atoms with Crippen LogP contribution in [0.2, 0.25) is 0 Å². The van der Waals surface area contributed by atoms with Gasteiger partial charge in [0, 0.05) is 11.0 Å². The van der Waals surface area contributed by atoms with Crippen LogP contribution >= 0.6 is 28.3 Å². The van der Waals surface area contributed by atoms with Gasteiger partial charge >= 0.3 is 0 Å². The molecule has 0 heterocycles. The van der Waals surface area contributed by atoms with E-state index in [0.29, 0.717) is 12.3 Å². The number of carbonyl (C=O) groups is 1. The van der Waals surface area contributed by atoms with Crippen molar-refractivity contribution in [1.29, 1.82) is 0 Å². The summed E-state index contributed by atoms with van der Waals surface area (Å²) in [5.74, 6) is 0.609. The SMILES string of the molecule is CNCCCNC(=O)COc1ccc2cc(Br)ccc2c1.Cl. The molecule has 0 atom stereocenters. The third-order valence-electron chi connectivity index (χ3n) is 3.07. The Morgan fingerprint density at radius 3 is 2.64 bits per heavy atom. The number of halogens is 2. The minimum atomic E-state index is -0.0954. The highest BCUT2D eigenvalue weighted by atomic mass is 79.9. The molecule has 0 aliphatic carbocycles. The predicted octanol–water partition coefficient (Wildman–Crippen LogP) is 3.13. The summed E-state index contributed by atoms with van der Waals surface area (Å²) in [4.78, 5) is 11.6. The van der Waals surface area contributed by atoms with Gasteiger partial charge in [-0.3, -0.25) is 4.79 Å². The molecule has 4 nitrogen and oxygen atoms in total. The smallest absolute Gasteiger partial charge is 0.257 e. The van der Waals surface area contributed by atoms with Crippen LogP contribution in [0.25, 0.3) is 10.8 Å². The third kappa shape index (κ3) is 5.83. The van der Waals surface area contributed by atoms with Crippen LogP contribution in [-0.2, 0) is 4.79 Å². The molecule has 0 aromatic heterocycles. The maximum Gasteiger partial charge on any atom is 0.257 e. The zero-order chi connectivity index (χ0) is 15.1. The van der Waals surface area contributed by atoms with Crippen LogP contribution in [0.5, 0.6) is 5.75 Å². The molecule has 0 fully saturated rings. The van der Waals surface area contributed by atoms with Gasteiger partial charge in [0.05, 0.1) is 0 Å². The van der Waals surface area contributed by atoms with Crippen LogP contribution in [0.3, 0.4) is 0 Å². The molecular formula is C16H20BrClN2O2. The lowest BCUT2D eigenvalue weighted by atomic mass is 10.1. The molecular weight excluding hydrogens is 368 g/mol. The highest BCUT2D eigenvalue weighted by molar-refractivity contribution is 9.10. The molecule has 2 aromatic carbocycles. The Morgan fingerprint density at radius 1 is 1.14 bits per heavy atom. The summed E-state index contributed by atoms with van der Waals surface area (Å²) in [6.45, 7) is 1.59. The summed E-state index contributed by atoms with van der Waals surface area (Å²) in [6, 6.07) is 11.9. The monoisotopic (exact) mass is 386 g/mol. The second kappa shape index (κ2) is 9.66. The molecule has 0 spiro atoms. The van der Waals surface area contributed by atoms with Crippen molar-refractivity contribution in [2.75, 3.05) is 26.7 Å². The minimum absolute atomic E-state index is 0. The average molecular weight is 388 g/mol. The molecule has 120 valence electrons. The Kier molecular flexibility index (Phi) is 8.24. The molecule has 0 aliphatic rings. The Bertz CT molecular complexity index is 622. The molecule has 6 heteroatoms. The molecule has 2 aromatic rings. The van der Waals surface area contributed by atoms with E-state index in [1.807, 2.05) is 43.4 Å². The van der Waals surface area contributed by atoms with Crippen LogP contribution in [-0.4, -0.2) is 32.7 Å². The first-order valence-electron chi connectivity index (χ1n) is 6.92. The topological polar surface area (TPSA) is 50.4 Å². The molecule has 0 unspecified atom stereocenters. The van der Waals surface area contributed by atoms with Gasteiger partial charge < -0.3 is 15.4 Å². The zero-order valence-corrected chi connectivity index (χ0v) is 14.8. The first kappa shape index (κ1) is 18.7. The van der Waals surface area contributed by atoms with Crippen molar-refractivity contribution in [2.24, 2.45) is 0 Å². The number of hydrogen-bond acceptors (Lipinski definition) is 3. The first-order valence-corrected chi connectivity index (χ1v) is 7.72. The van der Waals surface area contributed by atoms with E-state index < -0.39 is 0 Å². The highest BCUT2D eigenvalue weighted by Gasteiger charge is 2.03. The number of benzene rings is 2. The van der Waals surface area contributed by atoms with Gasteiger partial charge in [-0.25, -0.2) is 0 Å². The number of ether oxygens (including phenoxy) is 1. The van der Waals surface area contributed by atoms with Gasteiger partial charge in [-0.1, -0.05) is 28.1 Å². The van der Waals surface area contributed by atoms with Crippen molar-refractivity contribution >= 4 is 45.0 Å². The summed E-state index contributed by atoms with van der Waals surface area (Å²) in [7, 11) is 1.89.